The maximum atomic E-state index is 13.4. The van der Waals surface area contributed by atoms with Crippen LogP contribution in [-0.4, -0.2) is 40.6 Å². The van der Waals surface area contributed by atoms with Crippen molar-refractivity contribution in [1.82, 2.24) is 14.1 Å². The first-order valence-corrected chi connectivity index (χ1v) is 9.83. The molecule has 6 nitrogen and oxygen atoms in total. The number of nitrogens with zero attached hydrogens (tertiary/aromatic N) is 3. The smallest absolute Gasteiger partial charge is 0.381 e. The number of hydrogen-bond acceptors (Lipinski definition) is 4. The molecule has 1 aromatic carbocycles. The van der Waals surface area contributed by atoms with Gasteiger partial charge in [-0.25, -0.2) is 8.42 Å². The van der Waals surface area contributed by atoms with E-state index >= 15 is 0 Å². The summed E-state index contributed by atoms with van der Waals surface area (Å²) in [5, 5.41) is 6.72. The fraction of sp³-hybridized carbons (Fsp3) is 0.438. The zero-order valence-electron chi connectivity index (χ0n) is 14.7. The van der Waals surface area contributed by atoms with Crippen LogP contribution in [0.1, 0.15) is 17.5 Å². The molecule has 0 spiro atoms. The lowest BCUT2D eigenvalue weighted by molar-refractivity contribution is -0.138. The van der Waals surface area contributed by atoms with Crippen molar-refractivity contribution >= 4 is 15.7 Å². The Labute approximate surface area is 162 Å². The molecule has 0 fully saturated rings. The van der Waals surface area contributed by atoms with Crippen molar-refractivity contribution < 1.29 is 34.8 Å². The van der Waals surface area contributed by atoms with E-state index in [1.807, 2.05) is 0 Å². The zero-order valence-corrected chi connectivity index (χ0v) is 15.5. The Morgan fingerprint density at radius 1 is 1.14 bits per heavy atom. The van der Waals surface area contributed by atoms with Gasteiger partial charge in [0.05, 0.1) is 5.56 Å². The van der Waals surface area contributed by atoms with Crippen molar-refractivity contribution in [2.24, 2.45) is 0 Å². The van der Waals surface area contributed by atoms with E-state index in [0.717, 1.165) is 6.07 Å². The summed E-state index contributed by atoms with van der Waals surface area (Å²) in [7, 11) is -5.83. The average molecular weight is 442 g/mol. The van der Waals surface area contributed by atoms with Crippen LogP contribution in [0.4, 0.5) is 32.0 Å². The minimum atomic E-state index is -5.83. The van der Waals surface area contributed by atoms with E-state index in [1.165, 1.54) is 16.9 Å². The minimum absolute atomic E-state index is 0.0504. The number of fused-ring (bicyclic) bond motifs is 1. The standard InChI is InChI=1S/C16H16F6N4O2S/c17-15(18,19)13-3-1-4-14-12(13)10-26(29(27,28)16(20,21)22)9-11(24-14)5-8-25-7-2-6-23-25/h1-4,6-7,11,24H,5,8-10H2. The van der Waals surface area contributed by atoms with Crippen LogP contribution in [0.5, 0.6) is 0 Å². The summed E-state index contributed by atoms with van der Waals surface area (Å²) in [4.78, 5) is 0. The zero-order chi connectivity index (χ0) is 21.4. The van der Waals surface area contributed by atoms with Crippen molar-refractivity contribution in [2.45, 2.75) is 37.2 Å². The second kappa shape index (κ2) is 7.52. The molecule has 1 unspecified atom stereocenters. The van der Waals surface area contributed by atoms with Gasteiger partial charge in [0.1, 0.15) is 0 Å². The number of halogens is 6. The van der Waals surface area contributed by atoms with Gasteiger partial charge in [-0.3, -0.25) is 4.68 Å². The molecule has 2 aromatic rings. The maximum absolute atomic E-state index is 13.4. The molecule has 1 atom stereocenters. The van der Waals surface area contributed by atoms with Crippen molar-refractivity contribution in [3.63, 3.8) is 0 Å². The lowest BCUT2D eigenvalue weighted by atomic mass is 10.0. The number of rotatable bonds is 4. The molecule has 0 aliphatic carbocycles. The van der Waals surface area contributed by atoms with Crippen molar-refractivity contribution in [2.75, 3.05) is 11.9 Å². The molecule has 0 amide bonds. The highest BCUT2D eigenvalue weighted by atomic mass is 32.2. The number of alkyl halides is 6. The van der Waals surface area contributed by atoms with E-state index in [4.69, 9.17) is 0 Å². The van der Waals surface area contributed by atoms with E-state index in [0.29, 0.717) is 6.07 Å². The normalized spacial score (nSPS) is 18.8. The largest absolute Gasteiger partial charge is 0.511 e. The molecule has 0 bridgehead atoms. The molecule has 2 heterocycles. The molecule has 0 radical (unpaired) electrons. The first-order chi connectivity index (χ1) is 13.4. The van der Waals surface area contributed by atoms with E-state index < -0.39 is 52.0 Å². The Morgan fingerprint density at radius 3 is 2.45 bits per heavy atom. The summed E-state index contributed by atoms with van der Waals surface area (Å²) in [6.07, 6.45) is -1.61. The van der Waals surface area contributed by atoms with Crippen LogP contribution in [0.25, 0.3) is 0 Å². The summed E-state index contributed by atoms with van der Waals surface area (Å²) in [5.41, 5.74) is -7.41. The summed E-state index contributed by atoms with van der Waals surface area (Å²) >= 11 is 0. The van der Waals surface area contributed by atoms with Gasteiger partial charge in [0, 0.05) is 49.3 Å². The fourth-order valence-corrected chi connectivity index (χ4v) is 4.09. The minimum Gasteiger partial charge on any atom is -0.381 e. The van der Waals surface area contributed by atoms with E-state index in [1.54, 1.807) is 12.3 Å². The second-order valence-electron chi connectivity index (χ2n) is 6.47. The van der Waals surface area contributed by atoms with E-state index in [9.17, 15) is 34.8 Å². The number of nitrogens with one attached hydrogen (secondary N) is 1. The van der Waals surface area contributed by atoms with Crippen molar-refractivity contribution in [1.29, 1.82) is 0 Å². The van der Waals surface area contributed by atoms with Crippen LogP contribution in [0.3, 0.4) is 0 Å². The van der Waals surface area contributed by atoms with Gasteiger partial charge in [0.2, 0.25) is 0 Å². The fourth-order valence-electron chi connectivity index (χ4n) is 3.12. The monoisotopic (exact) mass is 442 g/mol. The highest BCUT2D eigenvalue weighted by Gasteiger charge is 2.51. The lowest BCUT2D eigenvalue weighted by Crippen LogP contribution is -2.44. The van der Waals surface area contributed by atoms with Crippen LogP contribution in [0.2, 0.25) is 0 Å². The molecule has 1 aliphatic heterocycles. The lowest BCUT2D eigenvalue weighted by Gasteiger charge is -2.25. The van der Waals surface area contributed by atoms with Gasteiger partial charge >= 0.3 is 21.7 Å². The van der Waals surface area contributed by atoms with Crippen LogP contribution in [0, 0.1) is 0 Å². The van der Waals surface area contributed by atoms with Crippen molar-refractivity contribution in [3.05, 3.63) is 47.8 Å². The van der Waals surface area contributed by atoms with E-state index in [-0.39, 0.29) is 23.0 Å². The number of hydrogen-bond donors (Lipinski definition) is 1. The van der Waals surface area contributed by atoms with Gasteiger partial charge in [-0.15, -0.1) is 0 Å². The Bertz CT molecular complexity index is 957. The van der Waals surface area contributed by atoms with Gasteiger partial charge in [-0.05, 0) is 24.6 Å². The maximum Gasteiger partial charge on any atom is 0.511 e. The third-order valence-electron chi connectivity index (χ3n) is 4.50. The summed E-state index contributed by atoms with van der Waals surface area (Å²) in [6.45, 7) is -1.45. The predicted molar refractivity (Wildman–Crippen MR) is 91.1 cm³/mol. The summed E-state index contributed by atoms with van der Waals surface area (Å²) < 4.78 is 105. The first-order valence-electron chi connectivity index (χ1n) is 8.39. The topological polar surface area (TPSA) is 67.2 Å². The van der Waals surface area contributed by atoms with Gasteiger partial charge in [0.15, 0.2) is 0 Å². The third-order valence-corrected chi connectivity index (χ3v) is 6.04. The average Bonchev–Trinajstić information content (AvgIpc) is 3.04. The molecule has 160 valence electrons. The number of aryl methyl sites for hydroxylation is 1. The Morgan fingerprint density at radius 2 is 1.86 bits per heavy atom. The molecule has 0 saturated carbocycles. The third kappa shape index (κ3) is 4.50. The Kier molecular flexibility index (Phi) is 5.56. The summed E-state index contributed by atoms with van der Waals surface area (Å²) in [5.74, 6) is 0. The number of anilines is 1. The SMILES string of the molecule is O=S(=O)(N1Cc2c(cccc2C(F)(F)F)NC(CCn2cccn2)C1)C(F)(F)F. The number of sulfonamides is 1. The molecule has 1 aromatic heterocycles. The number of aromatic nitrogens is 2. The molecular formula is C16H16F6N4O2S. The van der Waals surface area contributed by atoms with Crippen molar-refractivity contribution in [3.8, 4) is 0 Å². The molecule has 1 aliphatic rings. The highest BCUT2D eigenvalue weighted by molar-refractivity contribution is 7.89. The Hall–Kier alpha value is -2.28. The molecule has 3 rings (SSSR count). The van der Waals surface area contributed by atoms with Crippen LogP contribution in [-0.2, 0) is 29.3 Å². The number of benzene rings is 1. The highest BCUT2D eigenvalue weighted by Crippen LogP contribution is 2.39. The summed E-state index contributed by atoms with van der Waals surface area (Å²) in [6, 6.07) is 3.89. The van der Waals surface area contributed by atoms with Gasteiger partial charge in [-0.1, -0.05) is 6.07 Å². The molecule has 13 heteroatoms. The van der Waals surface area contributed by atoms with Gasteiger partial charge < -0.3 is 5.32 Å². The Balaban J connectivity index is 2.00. The van der Waals surface area contributed by atoms with Gasteiger partial charge in [-0.2, -0.15) is 35.7 Å². The molecular weight excluding hydrogens is 426 g/mol. The van der Waals surface area contributed by atoms with Crippen LogP contribution in [0.15, 0.2) is 36.7 Å². The first kappa shape index (κ1) is 21.4. The second-order valence-corrected chi connectivity index (χ2v) is 8.40. The molecule has 0 saturated heterocycles. The van der Waals surface area contributed by atoms with E-state index in [2.05, 4.69) is 10.4 Å². The molecule has 29 heavy (non-hydrogen) atoms. The van der Waals surface area contributed by atoms with Gasteiger partial charge in [0.25, 0.3) is 0 Å². The van der Waals surface area contributed by atoms with Crippen LogP contribution < -0.4 is 5.32 Å². The van der Waals surface area contributed by atoms with Crippen LogP contribution >= 0.6 is 0 Å². The predicted octanol–water partition coefficient (Wildman–Crippen LogP) is 3.44. The quantitative estimate of drug-likeness (QED) is 0.737. The molecule has 1 N–H and O–H groups in total.